The first kappa shape index (κ1) is 13.8. The summed E-state index contributed by atoms with van der Waals surface area (Å²) in [5.74, 6) is 0.881. The normalized spacial score (nSPS) is 11.0. The average molecular weight is 351 g/mol. The zero-order valence-electron chi connectivity index (χ0n) is 11.3. The maximum Gasteiger partial charge on any atom is 0.204 e. The minimum atomic E-state index is -0.230. The molecule has 0 aliphatic rings. The van der Waals surface area contributed by atoms with Gasteiger partial charge in [0.15, 0.2) is 5.58 Å². The molecule has 0 amide bonds. The molecule has 21 heavy (non-hydrogen) atoms. The highest BCUT2D eigenvalue weighted by Crippen LogP contribution is 2.39. The van der Waals surface area contributed by atoms with Gasteiger partial charge in [-0.05, 0) is 28.1 Å². The van der Waals surface area contributed by atoms with Crippen LogP contribution in [0.5, 0.6) is 17.2 Å². The van der Waals surface area contributed by atoms with Crippen LogP contribution in [-0.2, 0) is 0 Å². The van der Waals surface area contributed by atoms with E-state index in [1.54, 1.807) is 6.07 Å². The molecule has 0 spiro atoms. The molecular formula is C15H11BrO5. The van der Waals surface area contributed by atoms with E-state index in [9.17, 15) is 9.90 Å². The molecule has 3 aromatic rings. The lowest BCUT2D eigenvalue weighted by atomic mass is 10.1. The molecular weight excluding hydrogens is 340 g/mol. The van der Waals surface area contributed by atoms with Crippen molar-refractivity contribution in [2.75, 3.05) is 14.2 Å². The molecule has 2 aromatic carbocycles. The Balaban J connectivity index is 2.59. The van der Waals surface area contributed by atoms with Crippen molar-refractivity contribution in [1.82, 2.24) is 0 Å². The van der Waals surface area contributed by atoms with Crippen LogP contribution in [0.1, 0.15) is 0 Å². The summed E-state index contributed by atoms with van der Waals surface area (Å²) in [6.07, 6.45) is 0. The molecule has 0 saturated carbocycles. The molecule has 5 nitrogen and oxygen atoms in total. The molecule has 0 fully saturated rings. The molecule has 1 aromatic heterocycles. The number of benzene rings is 2. The van der Waals surface area contributed by atoms with Crippen molar-refractivity contribution in [1.29, 1.82) is 0 Å². The number of methoxy groups -OCH3 is 2. The minimum Gasteiger partial charge on any atom is -0.508 e. The summed E-state index contributed by atoms with van der Waals surface area (Å²) in [6, 6.07) is 5.98. The van der Waals surface area contributed by atoms with Gasteiger partial charge in [0.05, 0.1) is 19.6 Å². The van der Waals surface area contributed by atoms with E-state index in [-0.39, 0.29) is 11.2 Å². The molecule has 1 N–H and O–H groups in total. The van der Waals surface area contributed by atoms with Crippen LogP contribution in [0.15, 0.2) is 37.9 Å². The molecule has 0 aliphatic carbocycles. The Bertz CT molecular complexity index is 913. The zero-order valence-corrected chi connectivity index (χ0v) is 12.9. The zero-order chi connectivity index (χ0) is 15.1. The fraction of sp³-hybridized carbons (Fsp3) is 0.133. The molecule has 3 rings (SSSR count). The van der Waals surface area contributed by atoms with Crippen molar-refractivity contribution in [3.63, 3.8) is 0 Å². The number of phenols is 1. The second-order valence-electron chi connectivity index (χ2n) is 4.41. The van der Waals surface area contributed by atoms with Crippen molar-refractivity contribution < 1.29 is 19.0 Å². The van der Waals surface area contributed by atoms with Crippen molar-refractivity contribution >= 4 is 37.9 Å². The largest absolute Gasteiger partial charge is 0.508 e. The standard InChI is InChI=1S/C15H11BrO5/c1-19-10-6-11(20-2)13(16)15-12(10)14(18)8-4-3-7(17)5-9(8)21-15/h3-6,17H,1-2H3. The number of phenolic OH excluding ortho intramolecular Hbond substituents is 1. The summed E-state index contributed by atoms with van der Waals surface area (Å²) in [4.78, 5) is 12.6. The second-order valence-corrected chi connectivity index (χ2v) is 5.20. The molecule has 0 aliphatic heterocycles. The predicted molar refractivity (Wildman–Crippen MR) is 82.5 cm³/mol. The lowest BCUT2D eigenvalue weighted by Crippen LogP contribution is -2.05. The van der Waals surface area contributed by atoms with Crippen LogP contribution in [0.4, 0.5) is 0 Å². The Kier molecular flexibility index (Phi) is 3.25. The van der Waals surface area contributed by atoms with Crippen LogP contribution in [-0.4, -0.2) is 19.3 Å². The van der Waals surface area contributed by atoms with E-state index in [2.05, 4.69) is 15.9 Å². The van der Waals surface area contributed by atoms with E-state index in [0.29, 0.717) is 37.9 Å². The molecule has 6 heteroatoms. The summed E-state index contributed by atoms with van der Waals surface area (Å²) in [5.41, 5.74) is 0.379. The van der Waals surface area contributed by atoms with Crippen LogP contribution in [0.3, 0.4) is 0 Å². The Labute approximate surface area is 127 Å². The Hall–Kier alpha value is -2.21. The van der Waals surface area contributed by atoms with Gasteiger partial charge in [0.2, 0.25) is 5.43 Å². The third-order valence-corrected chi connectivity index (χ3v) is 3.99. The predicted octanol–water partition coefficient (Wildman–Crippen LogP) is 3.43. The highest BCUT2D eigenvalue weighted by molar-refractivity contribution is 9.10. The first-order chi connectivity index (χ1) is 10.1. The van der Waals surface area contributed by atoms with Crippen LogP contribution in [0.25, 0.3) is 21.9 Å². The van der Waals surface area contributed by atoms with Gasteiger partial charge in [0.1, 0.15) is 32.7 Å². The summed E-state index contributed by atoms with van der Waals surface area (Å²) >= 11 is 3.37. The van der Waals surface area contributed by atoms with Gasteiger partial charge in [-0.3, -0.25) is 4.79 Å². The van der Waals surface area contributed by atoms with Crippen LogP contribution < -0.4 is 14.9 Å². The number of hydrogen-bond acceptors (Lipinski definition) is 5. The minimum absolute atomic E-state index is 0.0241. The first-order valence-electron chi connectivity index (χ1n) is 6.07. The quantitative estimate of drug-likeness (QED) is 0.717. The molecule has 0 atom stereocenters. The average Bonchev–Trinajstić information content (AvgIpc) is 2.48. The smallest absolute Gasteiger partial charge is 0.204 e. The summed E-state index contributed by atoms with van der Waals surface area (Å²) < 4.78 is 16.8. The van der Waals surface area contributed by atoms with E-state index in [1.165, 1.54) is 32.4 Å². The lowest BCUT2D eigenvalue weighted by molar-refractivity contribution is 0.394. The Morgan fingerprint density at radius 1 is 1.14 bits per heavy atom. The Morgan fingerprint density at radius 2 is 1.86 bits per heavy atom. The molecule has 1 heterocycles. The highest BCUT2D eigenvalue weighted by Gasteiger charge is 2.19. The lowest BCUT2D eigenvalue weighted by Gasteiger charge is -2.11. The topological polar surface area (TPSA) is 68.9 Å². The molecule has 0 bridgehead atoms. The van der Waals surface area contributed by atoms with Gasteiger partial charge in [-0.1, -0.05) is 0 Å². The fourth-order valence-electron chi connectivity index (χ4n) is 2.24. The number of halogens is 1. The molecule has 0 saturated heterocycles. The maximum absolute atomic E-state index is 12.6. The van der Waals surface area contributed by atoms with Gasteiger partial charge in [0.25, 0.3) is 0 Å². The van der Waals surface area contributed by atoms with Crippen molar-refractivity contribution in [3.8, 4) is 17.2 Å². The van der Waals surface area contributed by atoms with E-state index >= 15 is 0 Å². The molecule has 0 unspecified atom stereocenters. The van der Waals surface area contributed by atoms with E-state index < -0.39 is 0 Å². The fourth-order valence-corrected chi connectivity index (χ4v) is 2.79. The maximum atomic E-state index is 12.6. The number of hydrogen-bond donors (Lipinski definition) is 1. The first-order valence-corrected chi connectivity index (χ1v) is 6.86. The number of ether oxygens (including phenoxy) is 2. The van der Waals surface area contributed by atoms with Gasteiger partial charge in [-0.25, -0.2) is 0 Å². The van der Waals surface area contributed by atoms with Crippen LogP contribution in [0.2, 0.25) is 0 Å². The highest BCUT2D eigenvalue weighted by atomic mass is 79.9. The van der Waals surface area contributed by atoms with Gasteiger partial charge in [0, 0.05) is 12.1 Å². The Morgan fingerprint density at radius 3 is 2.52 bits per heavy atom. The van der Waals surface area contributed by atoms with Gasteiger partial charge < -0.3 is 19.0 Å². The van der Waals surface area contributed by atoms with Gasteiger partial charge >= 0.3 is 0 Å². The van der Waals surface area contributed by atoms with Crippen molar-refractivity contribution in [2.24, 2.45) is 0 Å². The second kappa shape index (κ2) is 4.96. The molecule has 108 valence electrons. The van der Waals surface area contributed by atoms with Crippen molar-refractivity contribution in [2.45, 2.75) is 0 Å². The molecule has 0 radical (unpaired) electrons. The summed E-state index contributed by atoms with van der Waals surface area (Å²) in [7, 11) is 2.99. The summed E-state index contributed by atoms with van der Waals surface area (Å²) in [6.45, 7) is 0. The van der Waals surface area contributed by atoms with Crippen molar-refractivity contribution in [3.05, 3.63) is 39.0 Å². The SMILES string of the molecule is COc1cc(OC)c2c(=O)c3ccc(O)cc3oc2c1Br. The number of aromatic hydroxyl groups is 1. The third kappa shape index (κ3) is 2.03. The monoisotopic (exact) mass is 350 g/mol. The van der Waals surface area contributed by atoms with Gasteiger partial charge in [-0.15, -0.1) is 0 Å². The van der Waals surface area contributed by atoms with E-state index in [0.717, 1.165) is 0 Å². The van der Waals surface area contributed by atoms with Crippen LogP contribution in [0, 0.1) is 0 Å². The van der Waals surface area contributed by atoms with Gasteiger partial charge in [-0.2, -0.15) is 0 Å². The third-order valence-electron chi connectivity index (χ3n) is 3.24. The van der Waals surface area contributed by atoms with Crippen LogP contribution >= 0.6 is 15.9 Å². The van der Waals surface area contributed by atoms with E-state index in [1.807, 2.05) is 0 Å². The number of fused-ring (bicyclic) bond motifs is 2. The van der Waals surface area contributed by atoms with E-state index in [4.69, 9.17) is 13.9 Å². The summed E-state index contributed by atoms with van der Waals surface area (Å²) in [5, 5.41) is 10.2. The number of rotatable bonds is 2.